The van der Waals surface area contributed by atoms with Crippen LogP contribution >= 0.6 is 0 Å². The summed E-state index contributed by atoms with van der Waals surface area (Å²) in [5, 5.41) is 0. The molecule has 1 saturated carbocycles. The Kier molecular flexibility index (Phi) is 6.39. The molecule has 2 aromatic rings. The van der Waals surface area contributed by atoms with E-state index < -0.39 is 11.9 Å². The van der Waals surface area contributed by atoms with E-state index in [1.165, 1.54) is 56.6 Å². The molecule has 1 aliphatic rings. The van der Waals surface area contributed by atoms with Crippen LogP contribution < -0.4 is 0 Å². The summed E-state index contributed by atoms with van der Waals surface area (Å²) in [4.78, 5) is 3.15. The van der Waals surface area contributed by atoms with Crippen LogP contribution in [0.15, 0.2) is 36.4 Å². The molecule has 0 atom stereocenters. The van der Waals surface area contributed by atoms with Gasteiger partial charge >= 0.3 is 0 Å². The lowest BCUT2D eigenvalue weighted by Gasteiger charge is -2.28. The minimum absolute atomic E-state index is 0.112. The average Bonchev–Trinajstić information content (AvgIpc) is 2.66. The van der Waals surface area contributed by atoms with Crippen molar-refractivity contribution in [3.05, 3.63) is 65.0 Å². The summed E-state index contributed by atoms with van der Waals surface area (Å²) >= 11 is 0. The highest BCUT2D eigenvalue weighted by molar-refractivity contribution is 5.43. The molecule has 1 fully saturated rings. The first-order valence-corrected chi connectivity index (χ1v) is 9.59. The number of unbranched alkanes of at least 4 members (excludes halogenated alkanes) is 1. The van der Waals surface area contributed by atoms with E-state index in [0.29, 0.717) is 5.92 Å². The average molecular weight is 353 g/mol. The predicted octanol–water partition coefficient (Wildman–Crippen LogP) is 6.22. The number of hydrogen-bond donors (Lipinski definition) is 0. The van der Waals surface area contributed by atoms with Crippen molar-refractivity contribution in [1.82, 2.24) is 4.98 Å². The van der Waals surface area contributed by atoms with E-state index >= 15 is 0 Å². The summed E-state index contributed by atoms with van der Waals surface area (Å²) in [7, 11) is 0. The standard InChI is InChI=1S/C23H25F2N/c1-2-3-4-17-5-10-19(11-6-17)20-12-7-18(8-13-20)9-14-21-15-16-22(24)26-23(21)25/h7-8,12-13,15-17,19H,2-6,10-11H2,1H3. The van der Waals surface area contributed by atoms with E-state index in [4.69, 9.17) is 0 Å². The Balaban J connectivity index is 1.60. The highest BCUT2D eigenvalue weighted by atomic mass is 19.1. The zero-order valence-electron chi connectivity index (χ0n) is 15.3. The first-order valence-electron chi connectivity index (χ1n) is 9.59. The molecule has 0 spiro atoms. The van der Waals surface area contributed by atoms with Gasteiger partial charge in [0, 0.05) is 5.56 Å². The SMILES string of the molecule is CCCCC1CCC(c2ccc(C#Cc3ccc(F)nc3F)cc2)CC1. The van der Waals surface area contributed by atoms with Crippen LogP contribution in [-0.2, 0) is 0 Å². The van der Waals surface area contributed by atoms with Crippen molar-refractivity contribution >= 4 is 0 Å². The zero-order valence-corrected chi connectivity index (χ0v) is 15.3. The van der Waals surface area contributed by atoms with Crippen LogP contribution in [0.2, 0.25) is 0 Å². The third kappa shape index (κ3) is 4.91. The third-order valence-corrected chi connectivity index (χ3v) is 5.35. The van der Waals surface area contributed by atoms with Gasteiger partial charge in [0.15, 0.2) is 0 Å². The van der Waals surface area contributed by atoms with Crippen LogP contribution in [-0.4, -0.2) is 4.98 Å². The number of nitrogens with zero attached hydrogens (tertiary/aromatic N) is 1. The molecule has 0 bridgehead atoms. The molecule has 3 heteroatoms. The van der Waals surface area contributed by atoms with Gasteiger partial charge in [-0.05, 0) is 67.3 Å². The van der Waals surface area contributed by atoms with E-state index in [1.54, 1.807) is 0 Å². The van der Waals surface area contributed by atoms with Crippen LogP contribution in [0.1, 0.15) is 74.5 Å². The van der Waals surface area contributed by atoms with Crippen LogP contribution in [0.5, 0.6) is 0 Å². The molecule has 26 heavy (non-hydrogen) atoms. The number of benzene rings is 1. The Labute approximate surface area is 154 Å². The van der Waals surface area contributed by atoms with Gasteiger partial charge in [0.25, 0.3) is 0 Å². The lowest BCUT2D eigenvalue weighted by atomic mass is 9.77. The van der Waals surface area contributed by atoms with Crippen molar-refractivity contribution in [1.29, 1.82) is 0 Å². The van der Waals surface area contributed by atoms with Crippen LogP contribution in [0.25, 0.3) is 0 Å². The van der Waals surface area contributed by atoms with Gasteiger partial charge in [-0.2, -0.15) is 13.8 Å². The van der Waals surface area contributed by atoms with E-state index in [0.717, 1.165) is 17.5 Å². The molecule has 1 aromatic carbocycles. The molecular formula is C23H25F2N. The summed E-state index contributed by atoms with van der Waals surface area (Å²) in [6, 6.07) is 10.7. The van der Waals surface area contributed by atoms with Crippen molar-refractivity contribution in [2.75, 3.05) is 0 Å². The first-order chi connectivity index (χ1) is 12.7. The van der Waals surface area contributed by atoms with Crippen molar-refractivity contribution in [3.8, 4) is 11.8 Å². The number of rotatable bonds is 4. The second-order valence-electron chi connectivity index (χ2n) is 7.20. The molecule has 1 heterocycles. The van der Waals surface area contributed by atoms with Crippen molar-refractivity contribution in [3.63, 3.8) is 0 Å². The minimum Gasteiger partial charge on any atom is -0.189 e. The largest absolute Gasteiger partial charge is 0.231 e. The molecule has 0 saturated heterocycles. The highest BCUT2D eigenvalue weighted by Crippen LogP contribution is 2.37. The molecule has 0 radical (unpaired) electrons. The lowest BCUT2D eigenvalue weighted by molar-refractivity contribution is 0.304. The number of pyridine rings is 1. The number of halogens is 2. The molecule has 3 rings (SSSR count). The van der Waals surface area contributed by atoms with E-state index in [2.05, 4.69) is 35.9 Å². The Hall–Kier alpha value is -2.21. The van der Waals surface area contributed by atoms with Crippen LogP contribution in [0.4, 0.5) is 8.78 Å². The maximum atomic E-state index is 13.5. The van der Waals surface area contributed by atoms with Crippen molar-refractivity contribution < 1.29 is 8.78 Å². The number of hydrogen-bond acceptors (Lipinski definition) is 1. The van der Waals surface area contributed by atoms with Gasteiger partial charge in [0.2, 0.25) is 11.9 Å². The second-order valence-corrected chi connectivity index (χ2v) is 7.20. The topological polar surface area (TPSA) is 12.9 Å². The second kappa shape index (κ2) is 8.94. The minimum atomic E-state index is -0.867. The van der Waals surface area contributed by atoms with Crippen molar-refractivity contribution in [2.24, 2.45) is 5.92 Å². The van der Waals surface area contributed by atoms with Gasteiger partial charge < -0.3 is 0 Å². The summed E-state index contributed by atoms with van der Waals surface area (Å²) in [5.74, 6) is 5.52. The smallest absolute Gasteiger partial charge is 0.189 e. The van der Waals surface area contributed by atoms with Gasteiger partial charge in [-0.25, -0.2) is 0 Å². The van der Waals surface area contributed by atoms with E-state index in [9.17, 15) is 8.78 Å². The maximum Gasteiger partial charge on any atom is 0.231 e. The molecule has 1 nitrogen and oxygen atoms in total. The van der Waals surface area contributed by atoms with Gasteiger partial charge in [-0.1, -0.05) is 50.2 Å². The maximum absolute atomic E-state index is 13.5. The summed E-state index contributed by atoms with van der Waals surface area (Å²) in [6.45, 7) is 2.26. The van der Waals surface area contributed by atoms with Crippen molar-refractivity contribution in [2.45, 2.75) is 57.8 Å². The van der Waals surface area contributed by atoms with Gasteiger partial charge in [-0.3, -0.25) is 0 Å². The monoisotopic (exact) mass is 353 g/mol. The molecule has 1 aromatic heterocycles. The fourth-order valence-electron chi connectivity index (χ4n) is 3.76. The first kappa shape index (κ1) is 18.6. The van der Waals surface area contributed by atoms with Crippen LogP contribution in [0.3, 0.4) is 0 Å². The summed E-state index contributed by atoms with van der Waals surface area (Å²) in [6.07, 6.45) is 9.24. The van der Waals surface area contributed by atoms with E-state index in [1.807, 2.05) is 12.1 Å². The number of aromatic nitrogens is 1. The summed E-state index contributed by atoms with van der Waals surface area (Å²) in [5.41, 5.74) is 2.31. The highest BCUT2D eigenvalue weighted by Gasteiger charge is 2.21. The Morgan fingerprint density at radius 1 is 0.962 bits per heavy atom. The Morgan fingerprint density at radius 2 is 1.69 bits per heavy atom. The Bertz CT molecular complexity index is 778. The molecule has 0 unspecified atom stereocenters. The van der Waals surface area contributed by atoms with E-state index in [-0.39, 0.29) is 5.56 Å². The molecule has 136 valence electrons. The molecule has 0 amide bonds. The third-order valence-electron chi connectivity index (χ3n) is 5.35. The van der Waals surface area contributed by atoms with Gasteiger partial charge in [0.05, 0.1) is 5.56 Å². The predicted molar refractivity (Wildman–Crippen MR) is 101 cm³/mol. The Morgan fingerprint density at radius 3 is 2.35 bits per heavy atom. The normalized spacial score (nSPS) is 19.7. The quantitative estimate of drug-likeness (QED) is 0.469. The van der Waals surface area contributed by atoms with Gasteiger partial charge in [0.1, 0.15) is 0 Å². The van der Waals surface area contributed by atoms with Crippen LogP contribution in [0, 0.1) is 29.7 Å². The fourth-order valence-corrected chi connectivity index (χ4v) is 3.76. The summed E-state index contributed by atoms with van der Waals surface area (Å²) < 4.78 is 26.3. The van der Waals surface area contributed by atoms with Gasteiger partial charge in [-0.15, -0.1) is 0 Å². The fraction of sp³-hybridized carbons (Fsp3) is 0.435. The molecular weight excluding hydrogens is 328 g/mol. The zero-order chi connectivity index (χ0) is 18.4. The lowest BCUT2D eigenvalue weighted by Crippen LogP contribution is -2.13. The molecule has 0 aliphatic heterocycles. The molecule has 0 N–H and O–H groups in total. The molecule has 1 aliphatic carbocycles.